The van der Waals surface area contributed by atoms with Gasteiger partial charge in [-0.3, -0.25) is 0 Å². The van der Waals surface area contributed by atoms with Gasteiger partial charge in [-0.2, -0.15) is 0 Å². The van der Waals surface area contributed by atoms with E-state index in [9.17, 15) is 13.2 Å². The van der Waals surface area contributed by atoms with Crippen LogP contribution in [-0.2, 0) is 14.6 Å². The smallest absolute Gasteiger partial charge is 0.340 e. The molecule has 0 spiro atoms. The molecule has 20 heavy (non-hydrogen) atoms. The monoisotopic (exact) mass is 298 g/mol. The second kappa shape index (κ2) is 5.70. The van der Waals surface area contributed by atoms with Gasteiger partial charge in [0.05, 0.1) is 23.7 Å². The van der Waals surface area contributed by atoms with Crippen LogP contribution in [0, 0.1) is 0 Å². The molecule has 3 N–H and O–H groups in total. The normalized spacial score (nSPS) is 20.6. The number of benzene rings is 1. The maximum absolute atomic E-state index is 11.8. The summed E-state index contributed by atoms with van der Waals surface area (Å²) in [5.74, 6) is -0.264. The number of nitrogen functional groups attached to an aromatic ring is 1. The lowest BCUT2D eigenvalue weighted by molar-refractivity contribution is 0.0602. The maximum atomic E-state index is 11.8. The van der Waals surface area contributed by atoms with Crippen LogP contribution in [0.2, 0.25) is 0 Å². The van der Waals surface area contributed by atoms with Crippen LogP contribution >= 0.6 is 0 Å². The molecular formula is C13H18N2O4S. The number of ether oxygens (including phenoxy) is 1. The highest BCUT2D eigenvalue weighted by Gasteiger charge is 2.31. The molecule has 2 rings (SSSR count). The molecule has 0 saturated carbocycles. The van der Waals surface area contributed by atoms with Crippen LogP contribution in [0.25, 0.3) is 0 Å². The zero-order chi connectivity index (χ0) is 14.8. The van der Waals surface area contributed by atoms with Gasteiger partial charge in [-0.15, -0.1) is 0 Å². The first-order valence-electron chi connectivity index (χ1n) is 6.37. The van der Waals surface area contributed by atoms with E-state index in [1.807, 2.05) is 0 Å². The quantitative estimate of drug-likeness (QED) is 0.636. The van der Waals surface area contributed by atoms with E-state index in [0.29, 0.717) is 29.8 Å². The molecule has 1 aliphatic heterocycles. The van der Waals surface area contributed by atoms with Gasteiger partial charge >= 0.3 is 5.97 Å². The summed E-state index contributed by atoms with van der Waals surface area (Å²) in [4.78, 5) is 11.7. The van der Waals surface area contributed by atoms with Crippen LogP contribution in [0.3, 0.4) is 0 Å². The summed E-state index contributed by atoms with van der Waals surface area (Å²) in [6, 6.07) is 4.82. The number of sulfone groups is 1. The number of methoxy groups -OCH3 is 1. The first-order chi connectivity index (χ1) is 9.44. The zero-order valence-electron chi connectivity index (χ0n) is 11.3. The van der Waals surface area contributed by atoms with E-state index in [4.69, 9.17) is 10.5 Å². The topological polar surface area (TPSA) is 98.5 Å². The molecule has 0 radical (unpaired) electrons. The Labute approximate surface area is 118 Å². The first kappa shape index (κ1) is 14.6. The lowest BCUT2D eigenvalue weighted by atomic mass is 10.1. The molecule has 1 aromatic rings. The van der Waals surface area contributed by atoms with Gasteiger partial charge in [-0.1, -0.05) is 0 Å². The van der Waals surface area contributed by atoms with Crippen molar-refractivity contribution < 1.29 is 17.9 Å². The average molecular weight is 298 g/mol. The van der Waals surface area contributed by atoms with Crippen LogP contribution in [-0.4, -0.2) is 39.0 Å². The van der Waals surface area contributed by atoms with Crippen LogP contribution in [0.15, 0.2) is 18.2 Å². The average Bonchev–Trinajstić information content (AvgIpc) is 2.75. The summed E-state index contributed by atoms with van der Waals surface area (Å²) in [6.45, 7) is 0.288. The molecule has 0 aromatic heterocycles. The van der Waals surface area contributed by atoms with Gasteiger partial charge in [-0.05, 0) is 31.0 Å². The van der Waals surface area contributed by atoms with Gasteiger partial charge in [0.1, 0.15) is 0 Å². The second-order valence-electron chi connectivity index (χ2n) is 4.81. The van der Waals surface area contributed by atoms with Crippen molar-refractivity contribution >= 4 is 27.2 Å². The zero-order valence-corrected chi connectivity index (χ0v) is 12.1. The summed E-state index contributed by atoms with van der Waals surface area (Å²) in [5.41, 5.74) is 6.94. The van der Waals surface area contributed by atoms with Gasteiger partial charge in [0.25, 0.3) is 0 Å². The Morgan fingerprint density at radius 1 is 1.50 bits per heavy atom. The van der Waals surface area contributed by atoms with Gasteiger partial charge in [-0.25, -0.2) is 13.2 Å². The molecule has 1 saturated heterocycles. The molecule has 1 atom stereocenters. The highest BCUT2D eigenvalue weighted by atomic mass is 32.2. The van der Waals surface area contributed by atoms with Crippen LogP contribution in [0.1, 0.15) is 23.2 Å². The number of nitrogens with two attached hydrogens (primary N) is 1. The molecule has 1 fully saturated rings. The van der Waals surface area contributed by atoms with E-state index in [2.05, 4.69) is 5.32 Å². The van der Waals surface area contributed by atoms with Crippen molar-refractivity contribution in [3.63, 3.8) is 0 Å². The molecule has 6 nitrogen and oxygen atoms in total. The molecule has 0 bridgehead atoms. The first-order valence-corrected chi connectivity index (χ1v) is 8.09. The van der Waals surface area contributed by atoms with E-state index in [-0.39, 0.29) is 12.3 Å². The van der Waals surface area contributed by atoms with Crippen molar-refractivity contribution in [2.45, 2.75) is 18.1 Å². The summed E-state index contributed by atoms with van der Waals surface area (Å²) in [7, 11) is -1.72. The number of rotatable bonds is 4. The highest BCUT2D eigenvalue weighted by Crippen LogP contribution is 2.23. The summed E-state index contributed by atoms with van der Waals surface area (Å²) in [6.07, 6.45) is 1.35. The lowest BCUT2D eigenvalue weighted by Gasteiger charge is -2.14. The van der Waals surface area contributed by atoms with Crippen molar-refractivity contribution in [2.75, 3.05) is 30.5 Å². The van der Waals surface area contributed by atoms with Gasteiger partial charge in [0, 0.05) is 17.9 Å². The summed E-state index contributed by atoms with van der Waals surface area (Å²) < 4.78 is 28.2. The highest BCUT2D eigenvalue weighted by molar-refractivity contribution is 7.92. The standard InChI is InChI=1S/C13H18N2O4S/c1-19-13(16)11-7-9(14)4-5-12(11)15-8-10-3-2-6-20(10,17)18/h4-5,7,10,15H,2-3,6,8,14H2,1H3. The number of carbonyl (C=O) groups excluding carboxylic acids is 1. The summed E-state index contributed by atoms with van der Waals surface area (Å²) >= 11 is 0. The fourth-order valence-corrected chi connectivity index (χ4v) is 4.07. The fourth-order valence-electron chi connectivity index (χ4n) is 2.31. The molecule has 110 valence electrons. The number of esters is 1. The maximum Gasteiger partial charge on any atom is 0.340 e. The van der Waals surface area contributed by atoms with Gasteiger partial charge in [0.15, 0.2) is 9.84 Å². The van der Waals surface area contributed by atoms with E-state index < -0.39 is 21.1 Å². The minimum Gasteiger partial charge on any atom is -0.465 e. The molecule has 1 unspecified atom stereocenters. The lowest BCUT2D eigenvalue weighted by Crippen LogP contribution is -2.25. The third-order valence-electron chi connectivity index (χ3n) is 3.43. The van der Waals surface area contributed by atoms with E-state index in [1.165, 1.54) is 13.2 Å². The van der Waals surface area contributed by atoms with E-state index in [0.717, 1.165) is 0 Å². The Morgan fingerprint density at radius 2 is 2.25 bits per heavy atom. The Balaban J connectivity index is 2.15. The van der Waals surface area contributed by atoms with Gasteiger partial charge < -0.3 is 15.8 Å². The number of nitrogens with one attached hydrogen (secondary N) is 1. The molecular weight excluding hydrogens is 280 g/mol. The third-order valence-corrected chi connectivity index (χ3v) is 5.71. The predicted molar refractivity (Wildman–Crippen MR) is 77.5 cm³/mol. The van der Waals surface area contributed by atoms with Crippen molar-refractivity contribution in [3.8, 4) is 0 Å². The molecule has 1 aromatic carbocycles. The Morgan fingerprint density at radius 3 is 2.85 bits per heavy atom. The van der Waals surface area contributed by atoms with Crippen LogP contribution in [0.4, 0.5) is 11.4 Å². The minimum atomic E-state index is -3.01. The molecule has 1 aliphatic rings. The number of anilines is 2. The van der Waals surface area contributed by atoms with Crippen molar-refractivity contribution in [3.05, 3.63) is 23.8 Å². The van der Waals surface area contributed by atoms with Crippen molar-refractivity contribution in [1.29, 1.82) is 0 Å². The SMILES string of the molecule is COC(=O)c1cc(N)ccc1NCC1CCCS1(=O)=O. The Hall–Kier alpha value is -1.76. The number of carbonyl (C=O) groups is 1. The number of hydrogen-bond acceptors (Lipinski definition) is 6. The second-order valence-corrected chi connectivity index (χ2v) is 7.21. The van der Waals surface area contributed by atoms with Crippen molar-refractivity contribution in [1.82, 2.24) is 0 Å². The molecule has 1 heterocycles. The van der Waals surface area contributed by atoms with Crippen LogP contribution in [0.5, 0.6) is 0 Å². The molecule has 7 heteroatoms. The minimum absolute atomic E-state index is 0.241. The molecule has 0 aliphatic carbocycles. The van der Waals surface area contributed by atoms with Crippen LogP contribution < -0.4 is 11.1 Å². The van der Waals surface area contributed by atoms with E-state index >= 15 is 0 Å². The molecule has 0 amide bonds. The van der Waals surface area contributed by atoms with Crippen molar-refractivity contribution in [2.24, 2.45) is 0 Å². The third kappa shape index (κ3) is 3.04. The Bertz CT molecular complexity index is 613. The van der Waals surface area contributed by atoms with E-state index in [1.54, 1.807) is 12.1 Å². The summed E-state index contributed by atoms with van der Waals surface area (Å²) in [5, 5.41) is 2.62. The number of hydrogen-bond donors (Lipinski definition) is 2. The predicted octanol–water partition coefficient (Wildman–Crippen LogP) is 1.04. The largest absolute Gasteiger partial charge is 0.465 e. The van der Waals surface area contributed by atoms with Gasteiger partial charge in [0.2, 0.25) is 0 Å². The fraction of sp³-hybridized carbons (Fsp3) is 0.462. The Kier molecular flexibility index (Phi) is 4.17.